The van der Waals surface area contributed by atoms with E-state index < -0.39 is 0 Å². The van der Waals surface area contributed by atoms with Crippen LogP contribution in [0.2, 0.25) is 0 Å². The van der Waals surface area contributed by atoms with E-state index >= 15 is 0 Å². The lowest BCUT2D eigenvalue weighted by molar-refractivity contribution is 0.102. The van der Waals surface area contributed by atoms with Gasteiger partial charge in [-0.2, -0.15) is 0 Å². The predicted octanol–water partition coefficient (Wildman–Crippen LogP) is 0.712. The first-order valence-corrected chi connectivity index (χ1v) is 2.21. The molecule has 1 N–H and O–H groups in total. The Morgan fingerprint density at radius 1 is 1.86 bits per heavy atom. The Kier molecular flexibility index (Phi) is 3.42. The summed E-state index contributed by atoms with van der Waals surface area (Å²) in [5, 5.41) is 2.84. The van der Waals surface area contributed by atoms with Crippen molar-refractivity contribution >= 4 is 0 Å². The number of hydrogen-bond donors (Lipinski definition) is 1. The van der Waals surface area contributed by atoms with Crippen molar-refractivity contribution in [3.05, 3.63) is 12.8 Å². The molecule has 42 valence electrons. The maximum Gasteiger partial charge on any atom is 0.123 e. The molecule has 0 bridgehead atoms. The number of hydrogen-bond acceptors (Lipinski definition) is 2. The summed E-state index contributed by atoms with van der Waals surface area (Å²) < 4.78 is 4.81. The van der Waals surface area contributed by atoms with Gasteiger partial charge in [-0.25, -0.2) is 0 Å². The molecule has 0 rings (SSSR count). The molecule has 0 saturated carbocycles. The van der Waals surface area contributed by atoms with Crippen LogP contribution in [0.1, 0.15) is 6.92 Å². The minimum Gasteiger partial charge on any atom is -0.367 e. The van der Waals surface area contributed by atoms with Crippen molar-refractivity contribution in [3.63, 3.8) is 0 Å². The Morgan fingerprint density at radius 3 is 2.57 bits per heavy atom. The SMILES string of the molecule is C=CNC(C)OC. The molecule has 0 aromatic carbocycles. The van der Waals surface area contributed by atoms with E-state index in [4.69, 9.17) is 4.74 Å². The largest absolute Gasteiger partial charge is 0.367 e. The molecule has 2 nitrogen and oxygen atoms in total. The van der Waals surface area contributed by atoms with Gasteiger partial charge in [0.05, 0.1) is 0 Å². The van der Waals surface area contributed by atoms with E-state index in [1.807, 2.05) is 6.92 Å². The van der Waals surface area contributed by atoms with Crippen molar-refractivity contribution in [2.45, 2.75) is 13.2 Å². The average Bonchev–Trinajstić information content (AvgIpc) is 1.68. The number of rotatable bonds is 3. The van der Waals surface area contributed by atoms with Crippen LogP contribution < -0.4 is 5.32 Å². The molecule has 0 aromatic rings. The molecule has 0 heterocycles. The quantitative estimate of drug-likeness (QED) is 0.529. The van der Waals surface area contributed by atoms with Crippen molar-refractivity contribution in [1.82, 2.24) is 5.32 Å². The van der Waals surface area contributed by atoms with E-state index in [1.165, 1.54) is 0 Å². The molecule has 0 saturated heterocycles. The first kappa shape index (κ1) is 6.50. The topological polar surface area (TPSA) is 21.3 Å². The maximum atomic E-state index is 4.81. The number of nitrogens with one attached hydrogen (secondary N) is 1. The molecule has 0 radical (unpaired) electrons. The van der Waals surface area contributed by atoms with Gasteiger partial charge >= 0.3 is 0 Å². The van der Waals surface area contributed by atoms with Crippen molar-refractivity contribution in [2.75, 3.05) is 7.11 Å². The zero-order valence-corrected chi connectivity index (χ0v) is 4.77. The molecule has 7 heavy (non-hydrogen) atoms. The summed E-state index contributed by atoms with van der Waals surface area (Å²) >= 11 is 0. The highest BCUT2D eigenvalue weighted by Crippen LogP contribution is 1.76. The zero-order chi connectivity index (χ0) is 5.70. The normalized spacial score (nSPS) is 12.9. The van der Waals surface area contributed by atoms with Crippen LogP contribution in [0, 0.1) is 0 Å². The van der Waals surface area contributed by atoms with E-state index in [2.05, 4.69) is 11.9 Å². The molecular formula is C5H11NO. The van der Waals surface area contributed by atoms with Crippen LogP contribution in [0.25, 0.3) is 0 Å². The van der Waals surface area contributed by atoms with E-state index in [1.54, 1.807) is 13.3 Å². The summed E-state index contributed by atoms with van der Waals surface area (Å²) in [4.78, 5) is 0. The summed E-state index contributed by atoms with van der Waals surface area (Å²) in [5.41, 5.74) is 0. The molecule has 0 aliphatic carbocycles. The Morgan fingerprint density at radius 2 is 2.43 bits per heavy atom. The zero-order valence-electron chi connectivity index (χ0n) is 4.77. The Balaban J connectivity index is 2.98. The van der Waals surface area contributed by atoms with E-state index in [0.29, 0.717) is 0 Å². The van der Waals surface area contributed by atoms with Crippen molar-refractivity contribution < 1.29 is 4.74 Å². The fraction of sp³-hybridized carbons (Fsp3) is 0.600. The van der Waals surface area contributed by atoms with Crippen molar-refractivity contribution in [3.8, 4) is 0 Å². The fourth-order valence-corrected chi connectivity index (χ4v) is 0.234. The molecule has 0 aromatic heterocycles. The Labute approximate surface area is 44.2 Å². The standard InChI is InChI=1S/C5H11NO/c1-4-6-5(2)7-3/h4-6H,1H2,2-3H3. The molecular weight excluding hydrogens is 90.1 g/mol. The first-order valence-electron chi connectivity index (χ1n) is 2.21. The van der Waals surface area contributed by atoms with Crippen LogP contribution in [-0.4, -0.2) is 13.3 Å². The lowest BCUT2D eigenvalue weighted by Gasteiger charge is -2.06. The highest BCUT2D eigenvalue weighted by molar-refractivity contribution is 4.62. The summed E-state index contributed by atoms with van der Waals surface area (Å²) in [6, 6.07) is 0. The summed E-state index contributed by atoms with van der Waals surface area (Å²) in [5.74, 6) is 0. The van der Waals surface area contributed by atoms with E-state index in [0.717, 1.165) is 0 Å². The third kappa shape index (κ3) is 3.33. The van der Waals surface area contributed by atoms with Crippen LogP contribution >= 0.6 is 0 Å². The second kappa shape index (κ2) is 3.68. The smallest absolute Gasteiger partial charge is 0.123 e. The summed E-state index contributed by atoms with van der Waals surface area (Å²) in [6.45, 7) is 5.36. The monoisotopic (exact) mass is 101 g/mol. The van der Waals surface area contributed by atoms with Crippen LogP contribution in [0.5, 0.6) is 0 Å². The number of methoxy groups -OCH3 is 1. The third-order valence-corrected chi connectivity index (χ3v) is 0.706. The van der Waals surface area contributed by atoms with Gasteiger partial charge in [-0.05, 0) is 13.1 Å². The predicted molar refractivity (Wildman–Crippen MR) is 29.8 cm³/mol. The van der Waals surface area contributed by atoms with Gasteiger partial charge in [0.1, 0.15) is 6.23 Å². The summed E-state index contributed by atoms with van der Waals surface area (Å²) in [7, 11) is 1.64. The van der Waals surface area contributed by atoms with Gasteiger partial charge in [-0.1, -0.05) is 6.58 Å². The van der Waals surface area contributed by atoms with Gasteiger partial charge < -0.3 is 10.1 Å². The molecule has 0 fully saturated rings. The minimum absolute atomic E-state index is 0.0810. The summed E-state index contributed by atoms with van der Waals surface area (Å²) in [6.07, 6.45) is 1.69. The minimum atomic E-state index is 0.0810. The highest BCUT2D eigenvalue weighted by atomic mass is 16.5. The molecule has 0 aliphatic heterocycles. The van der Waals surface area contributed by atoms with Crippen molar-refractivity contribution in [1.29, 1.82) is 0 Å². The first-order chi connectivity index (χ1) is 3.31. The average molecular weight is 101 g/mol. The third-order valence-electron chi connectivity index (χ3n) is 0.706. The van der Waals surface area contributed by atoms with E-state index in [9.17, 15) is 0 Å². The molecule has 1 atom stereocenters. The van der Waals surface area contributed by atoms with Gasteiger partial charge in [0, 0.05) is 7.11 Å². The van der Waals surface area contributed by atoms with Gasteiger partial charge in [0.2, 0.25) is 0 Å². The fourth-order valence-electron chi connectivity index (χ4n) is 0.234. The van der Waals surface area contributed by atoms with Gasteiger partial charge in [0.25, 0.3) is 0 Å². The number of ether oxygens (including phenoxy) is 1. The second-order valence-corrected chi connectivity index (χ2v) is 1.25. The second-order valence-electron chi connectivity index (χ2n) is 1.25. The molecule has 2 heteroatoms. The lowest BCUT2D eigenvalue weighted by Crippen LogP contribution is -2.21. The molecule has 1 unspecified atom stereocenters. The van der Waals surface area contributed by atoms with Crippen LogP contribution in [-0.2, 0) is 4.74 Å². The van der Waals surface area contributed by atoms with Gasteiger partial charge in [-0.3, -0.25) is 0 Å². The Bertz CT molecular complexity index is 54.0. The van der Waals surface area contributed by atoms with Crippen molar-refractivity contribution in [2.24, 2.45) is 0 Å². The lowest BCUT2D eigenvalue weighted by atomic mass is 10.6. The van der Waals surface area contributed by atoms with Crippen LogP contribution in [0.3, 0.4) is 0 Å². The van der Waals surface area contributed by atoms with Gasteiger partial charge in [-0.15, -0.1) is 0 Å². The Hall–Kier alpha value is -0.500. The van der Waals surface area contributed by atoms with Crippen LogP contribution in [0.15, 0.2) is 12.8 Å². The van der Waals surface area contributed by atoms with E-state index in [-0.39, 0.29) is 6.23 Å². The highest BCUT2D eigenvalue weighted by Gasteiger charge is 1.87. The maximum absolute atomic E-state index is 4.81. The van der Waals surface area contributed by atoms with Crippen LogP contribution in [0.4, 0.5) is 0 Å². The molecule has 0 amide bonds. The van der Waals surface area contributed by atoms with Gasteiger partial charge in [0.15, 0.2) is 0 Å². The molecule has 0 spiro atoms. The molecule has 0 aliphatic rings.